The van der Waals surface area contributed by atoms with Gasteiger partial charge in [-0.3, -0.25) is 9.59 Å². The van der Waals surface area contributed by atoms with Crippen molar-refractivity contribution in [2.24, 2.45) is 0 Å². The number of likely N-dealkylation sites (tertiary alicyclic amines) is 1. The van der Waals surface area contributed by atoms with Gasteiger partial charge in [0.15, 0.2) is 0 Å². The van der Waals surface area contributed by atoms with E-state index in [1.54, 1.807) is 19.2 Å². The van der Waals surface area contributed by atoms with Gasteiger partial charge in [0, 0.05) is 22.8 Å². The first-order chi connectivity index (χ1) is 12.5. The number of H-pyrrole nitrogens is 1. The summed E-state index contributed by atoms with van der Waals surface area (Å²) in [6.45, 7) is 2.55. The zero-order chi connectivity index (χ0) is 18.3. The Morgan fingerprint density at radius 1 is 1.23 bits per heavy atom. The van der Waals surface area contributed by atoms with Gasteiger partial charge in [-0.2, -0.15) is 0 Å². The molecule has 3 aromatic rings. The first kappa shape index (κ1) is 16.8. The van der Waals surface area contributed by atoms with Crippen molar-refractivity contribution in [3.63, 3.8) is 0 Å². The molecule has 7 heteroatoms. The van der Waals surface area contributed by atoms with Gasteiger partial charge in [0.25, 0.3) is 11.7 Å². The monoisotopic (exact) mass is 413 g/mol. The number of benzene rings is 1. The maximum absolute atomic E-state index is 12.7. The summed E-state index contributed by atoms with van der Waals surface area (Å²) in [5.41, 5.74) is 2.00. The Kier molecular flexibility index (Phi) is 4.24. The van der Waals surface area contributed by atoms with Crippen molar-refractivity contribution in [1.29, 1.82) is 0 Å². The molecule has 4 rings (SSSR count). The number of aromatic amines is 1. The summed E-state index contributed by atoms with van der Waals surface area (Å²) in [5.74, 6) is -0.501. The molecule has 1 aliphatic rings. The van der Waals surface area contributed by atoms with E-state index in [2.05, 4.69) is 25.9 Å². The highest BCUT2D eigenvalue weighted by molar-refractivity contribution is 9.10. The third-order valence-electron chi connectivity index (χ3n) is 4.45. The zero-order valence-electron chi connectivity index (χ0n) is 14.0. The molecule has 1 saturated heterocycles. The van der Waals surface area contributed by atoms with Crippen molar-refractivity contribution >= 4 is 38.5 Å². The predicted octanol–water partition coefficient (Wildman–Crippen LogP) is 3.11. The predicted molar refractivity (Wildman–Crippen MR) is 100 cm³/mol. The van der Waals surface area contributed by atoms with Gasteiger partial charge in [-0.1, -0.05) is 18.2 Å². The highest BCUT2D eigenvalue weighted by Gasteiger charge is 2.37. The molecule has 1 N–H and O–H groups in total. The number of ketones is 1. The van der Waals surface area contributed by atoms with Crippen LogP contribution in [0, 0.1) is 6.92 Å². The number of Topliss-reactive ketones (excluding diaryl/α,β-unsaturated/α-hetero) is 1. The summed E-state index contributed by atoms with van der Waals surface area (Å²) >= 11 is 3.38. The number of carbonyl (C=O) groups is 2. The fraction of sp³-hybridized carbons (Fsp3) is 0.211. The summed E-state index contributed by atoms with van der Waals surface area (Å²) in [6.07, 6.45) is 1.48. The molecule has 0 saturated carbocycles. The normalized spacial score (nSPS) is 14.3. The topological polar surface area (TPSA) is 75.3 Å². The van der Waals surface area contributed by atoms with Crippen LogP contribution in [0.5, 0.6) is 5.88 Å². The van der Waals surface area contributed by atoms with Crippen LogP contribution in [0.2, 0.25) is 0 Å². The van der Waals surface area contributed by atoms with Gasteiger partial charge in [0.05, 0.1) is 23.1 Å². The van der Waals surface area contributed by atoms with E-state index in [1.165, 1.54) is 4.90 Å². The standard InChI is InChI=1S/C19H16BrN3O3/c1-11-16(13-5-2-3-7-15(13)22-11)17(24)19(25)23-9-12(10-23)26-18-14(20)6-4-8-21-18/h2-8,12,22H,9-10H2,1H3. The number of para-hydroxylation sites is 1. The van der Waals surface area contributed by atoms with E-state index in [1.807, 2.05) is 30.3 Å². The number of rotatable bonds is 4. The molecule has 0 radical (unpaired) electrons. The molecule has 1 aliphatic heterocycles. The number of hydrogen-bond donors (Lipinski definition) is 1. The molecule has 2 aromatic heterocycles. The number of aryl methyl sites for hydroxylation is 1. The number of halogens is 1. The van der Waals surface area contributed by atoms with Crippen molar-refractivity contribution in [2.75, 3.05) is 13.1 Å². The highest BCUT2D eigenvalue weighted by atomic mass is 79.9. The molecule has 0 bridgehead atoms. The molecular formula is C19H16BrN3O3. The van der Waals surface area contributed by atoms with Crippen molar-refractivity contribution in [2.45, 2.75) is 13.0 Å². The van der Waals surface area contributed by atoms with Crippen molar-refractivity contribution in [1.82, 2.24) is 14.9 Å². The Bertz CT molecular complexity index is 1010. The highest BCUT2D eigenvalue weighted by Crippen LogP contribution is 2.26. The first-order valence-corrected chi connectivity index (χ1v) is 9.02. The lowest BCUT2D eigenvalue weighted by Gasteiger charge is -2.38. The minimum atomic E-state index is -0.502. The Morgan fingerprint density at radius 3 is 2.77 bits per heavy atom. The van der Waals surface area contributed by atoms with Crippen LogP contribution in [-0.2, 0) is 4.79 Å². The van der Waals surface area contributed by atoms with E-state index < -0.39 is 11.7 Å². The van der Waals surface area contributed by atoms with Gasteiger partial charge >= 0.3 is 0 Å². The lowest BCUT2D eigenvalue weighted by molar-refractivity contribution is -0.135. The van der Waals surface area contributed by atoms with Crippen LogP contribution >= 0.6 is 15.9 Å². The Hall–Kier alpha value is -2.67. The number of hydrogen-bond acceptors (Lipinski definition) is 4. The Balaban J connectivity index is 1.45. The van der Waals surface area contributed by atoms with Crippen LogP contribution < -0.4 is 4.74 Å². The van der Waals surface area contributed by atoms with Gasteiger partial charge in [0.2, 0.25) is 5.88 Å². The Labute approximate surface area is 158 Å². The molecule has 6 nitrogen and oxygen atoms in total. The number of amides is 1. The summed E-state index contributed by atoms with van der Waals surface area (Å²) in [4.78, 5) is 34.1. The molecular weight excluding hydrogens is 398 g/mol. The van der Waals surface area contributed by atoms with Gasteiger partial charge in [-0.25, -0.2) is 4.98 Å². The number of pyridine rings is 1. The third-order valence-corrected chi connectivity index (χ3v) is 5.06. The van der Waals surface area contributed by atoms with E-state index >= 15 is 0 Å². The van der Waals surface area contributed by atoms with Crippen LogP contribution in [0.25, 0.3) is 10.9 Å². The fourth-order valence-corrected chi connectivity index (χ4v) is 3.46. The zero-order valence-corrected chi connectivity index (χ0v) is 15.6. The summed E-state index contributed by atoms with van der Waals surface area (Å²) < 4.78 is 6.52. The lowest BCUT2D eigenvalue weighted by atomic mass is 10.0. The molecule has 26 heavy (non-hydrogen) atoms. The van der Waals surface area contributed by atoms with Gasteiger partial charge in [-0.15, -0.1) is 0 Å². The second-order valence-electron chi connectivity index (χ2n) is 6.24. The van der Waals surface area contributed by atoms with Crippen LogP contribution in [-0.4, -0.2) is 45.8 Å². The number of nitrogens with zero attached hydrogens (tertiary/aromatic N) is 2. The number of fused-ring (bicyclic) bond motifs is 1. The first-order valence-electron chi connectivity index (χ1n) is 8.22. The van der Waals surface area contributed by atoms with E-state index in [0.29, 0.717) is 30.2 Å². The SMILES string of the molecule is Cc1[nH]c2ccccc2c1C(=O)C(=O)N1CC(Oc2ncccc2Br)C1. The van der Waals surface area contributed by atoms with Crippen LogP contribution in [0.3, 0.4) is 0 Å². The summed E-state index contributed by atoms with van der Waals surface area (Å²) in [5, 5.41) is 0.772. The molecule has 1 amide bonds. The van der Waals surface area contributed by atoms with Gasteiger partial charge < -0.3 is 14.6 Å². The van der Waals surface area contributed by atoms with Crippen molar-refractivity contribution < 1.29 is 14.3 Å². The lowest BCUT2D eigenvalue weighted by Crippen LogP contribution is -2.58. The van der Waals surface area contributed by atoms with Crippen LogP contribution in [0.1, 0.15) is 16.1 Å². The minimum absolute atomic E-state index is 0.165. The smallest absolute Gasteiger partial charge is 0.295 e. The molecule has 132 valence electrons. The molecule has 0 atom stereocenters. The third kappa shape index (κ3) is 2.88. The molecule has 1 fully saturated rings. The second-order valence-corrected chi connectivity index (χ2v) is 7.09. The minimum Gasteiger partial charge on any atom is -0.470 e. The number of carbonyl (C=O) groups excluding carboxylic acids is 2. The van der Waals surface area contributed by atoms with E-state index in [4.69, 9.17) is 4.74 Å². The molecule has 3 heterocycles. The van der Waals surface area contributed by atoms with Crippen molar-refractivity contribution in [3.05, 3.63) is 58.3 Å². The second kappa shape index (κ2) is 6.57. The van der Waals surface area contributed by atoms with Gasteiger partial charge in [0.1, 0.15) is 6.10 Å². The van der Waals surface area contributed by atoms with E-state index in [0.717, 1.165) is 15.4 Å². The van der Waals surface area contributed by atoms with E-state index in [9.17, 15) is 9.59 Å². The number of aromatic nitrogens is 2. The Morgan fingerprint density at radius 2 is 2.00 bits per heavy atom. The number of nitrogens with one attached hydrogen (secondary N) is 1. The maximum atomic E-state index is 12.7. The summed E-state index contributed by atoms with van der Waals surface area (Å²) in [7, 11) is 0. The molecule has 0 unspecified atom stereocenters. The van der Waals surface area contributed by atoms with Gasteiger partial charge in [-0.05, 0) is 41.1 Å². The largest absolute Gasteiger partial charge is 0.470 e. The van der Waals surface area contributed by atoms with E-state index in [-0.39, 0.29) is 6.10 Å². The average Bonchev–Trinajstić information content (AvgIpc) is 2.93. The molecule has 0 spiro atoms. The van der Waals surface area contributed by atoms with Crippen LogP contribution in [0.15, 0.2) is 47.1 Å². The average molecular weight is 414 g/mol. The number of ether oxygens (including phenoxy) is 1. The summed E-state index contributed by atoms with van der Waals surface area (Å²) in [6, 6.07) is 11.1. The van der Waals surface area contributed by atoms with Crippen LogP contribution in [0.4, 0.5) is 0 Å². The maximum Gasteiger partial charge on any atom is 0.295 e. The molecule has 1 aromatic carbocycles. The molecule has 0 aliphatic carbocycles. The quantitative estimate of drug-likeness (QED) is 0.526. The van der Waals surface area contributed by atoms with Crippen molar-refractivity contribution in [3.8, 4) is 5.88 Å². The fourth-order valence-electron chi connectivity index (χ4n) is 3.11.